The van der Waals surface area contributed by atoms with E-state index in [9.17, 15) is 4.79 Å². The van der Waals surface area contributed by atoms with Crippen molar-refractivity contribution in [3.63, 3.8) is 0 Å². The average Bonchev–Trinajstić information content (AvgIpc) is 3.09. The molecule has 1 N–H and O–H groups in total. The molecule has 0 bridgehead atoms. The smallest absolute Gasteiger partial charge is 0.345 e. The van der Waals surface area contributed by atoms with E-state index in [1.165, 1.54) is 11.3 Å². The van der Waals surface area contributed by atoms with Gasteiger partial charge in [0.2, 0.25) is 0 Å². The summed E-state index contributed by atoms with van der Waals surface area (Å²) in [7, 11) is 0. The lowest BCUT2D eigenvalue weighted by atomic mass is 10.2. The number of aromatic carboxylic acids is 1. The van der Waals surface area contributed by atoms with Gasteiger partial charge in [0.1, 0.15) is 11.1 Å². The predicted molar refractivity (Wildman–Crippen MR) is 71.3 cm³/mol. The second-order valence-electron chi connectivity index (χ2n) is 4.50. The average molecular weight is 278 g/mol. The Labute approximate surface area is 114 Å². The van der Waals surface area contributed by atoms with Crippen molar-refractivity contribution < 1.29 is 14.6 Å². The molecule has 2 aromatic heterocycles. The van der Waals surface area contributed by atoms with Gasteiger partial charge in [-0.1, -0.05) is 0 Å². The first-order valence-corrected chi connectivity index (χ1v) is 7.05. The Hall–Kier alpha value is -1.66. The van der Waals surface area contributed by atoms with Crippen LogP contribution in [-0.2, 0) is 4.74 Å². The molecule has 1 fully saturated rings. The van der Waals surface area contributed by atoms with Crippen LogP contribution >= 0.6 is 11.3 Å². The van der Waals surface area contributed by atoms with Gasteiger partial charge in [-0.15, -0.1) is 11.3 Å². The summed E-state index contributed by atoms with van der Waals surface area (Å²) in [6, 6.07) is 3.44. The minimum absolute atomic E-state index is 0.0152. The van der Waals surface area contributed by atoms with Gasteiger partial charge in [0, 0.05) is 23.2 Å². The van der Waals surface area contributed by atoms with Gasteiger partial charge < -0.3 is 9.84 Å². The first kappa shape index (κ1) is 12.4. The Morgan fingerprint density at radius 3 is 3.05 bits per heavy atom. The third kappa shape index (κ3) is 2.54. The van der Waals surface area contributed by atoms with Gasteiger partial charge in [-0.2, -0.15) is 5.10 Å². The zero-order valence-electron chi connectivity index (χ0n) is 10.3. The molecule has 100 valence electrons. The maximum Gasteiger partial charge on any atom is 0.345 e. The van der Waals surface area contributed by atoms with E-state index in [0.29, 0.717) is 4.88 Å². The second kappa shape index (κ2) is 5.14. The van der Waals surface area contributed by atoms with Crippen molar-refractivity contribution >= 4 is 17.3 Å². The van der Waals surface area contributed by atoms with Gasteiger partial charge in [-0.25, -0.2) is 9.48 Å². The molecule has 2 aromatic rings. The molecule has 5 nitrogen and oxygen atoms in total. The molecule has 0 aliphatic carbocycles. The van der Waals surface area contributed by atoms with Crippen LogP contribution in [-0.4, -0.2) is 27.5 Å². The number of carboxylic acid groups (broad SMARTS) is 1. The van der Waals surface area contributed by atoms with Crippen LogP contribution in [0.4, 0.5) is 0 Å². The summed E-state index contributed by atoms with van der Waals surface area (Å²) in [4.78, 5) is 12.1. The Kier molecular flexibility index (Phi) is 3.35. The van der Waals surface area contributed by atoms with Crippen molar-refractivity contribution in [3.8, 4) is 10.4 Å². The molecule has 6 heteroatoms. The van der Waals surface area contributed by atoms with E-state index in [4.69, 9.17) is 9.84 Å². The highest BCUT2D eigenvalue weighted by atomic mass is 32.1. The van der Waals surface area contributed by atoms with Gasteiger partial charge in [-0.05, 0) is 31.4 Å². The van der Waals surface area contributed by atoms with Crippen LogP contribution in [0.2, 0.25) is 0 Å². The molecule has 3 rings (SSSR count). The summed E-state index contributed by atoms with van der Waals surface area (Å²) in [5, 5.41) is 13.2. The Morgan fingerprint density at radius 1 is 1.47 bits per heavy atom. The number of hydrogen-bond acceptors (Lipinski definition) is 4. The van der Waals surface area contributed by atoms with E-state index in [-0.39, 0.29) is 6.23 Å². The van der Waals surface area contributed by atoms with Crippen LogP contribution in [0.25, 0.3) is 10.4 Å². The van der Waals surface area contributed by atoms with Crippen molar-refractivity contribution in [1.82, 2.24) is 9.78 Å². The van der Waals surface area contributed by atoms with E-state index < -0.39 is 5.97 Å². The van der Waals surface area contributed by atoms with Gasteiger partial charge in [0.25, 0.3) is 0 Å². The number of rotatable bonds is 3. The maximum absolute atomic E-state index is 10.9. The van der Waals surface area contributed by atoms with Crippen molar-refractivity contribution in [2.45, 2.75) is 25.5 Å². The Balaban J connectivity index is 1.81. The molecule has 0 radical (unpaired) electrons. The second-order valence-corrected chi connectivity index (χ2v) is 5.58. The van der Waals surface area contributed by atoms with Crippen LogP contribution in [0.15, 0.2) is 24.5 Å². The van der Waals surface area contributed by atoms with E-state index in [0.717, 1.165) is 36.3 Å². The molecule has 19 heavy (non-hydrogen) atoms. The van der Waals surface area contributed by atoms with Crippen LogP contribution in [0.3, 0.4) is 0 Å². The predicted octanol–water partition coefficient (Wildman–Crippen LogP) is 3.01. The summed E-state index contributed by atoms with van der Waals surface area (Å²) in [5.41, 5.74) is 0.937. The van der Waals surface area contributed by atoms with Gasteiger partial charge in [0.05, 0.1) is 6.20 Å². The number of aromatic nitrogens is 2. The molecular formula is C13H14N2O3S. The van der Waals surface area contributed by atoms with Gasteiger partial charge in [-0.3, -0.25) is 0 Å². The molecule has 0 saturated carbocycles. The molecule has 0 amide bonds. The van der Waals surface area contributed by atoms with E-state index in [1.807, 2.05) is 16.9 Å². The highest BCUT2D eigenvalue weighted by molar-refractivity contribution is 7.17. The fourth-order valence-electron chi connectivity index (χ4n) is 2.16. The fourth-order valence-corrected chi connectivity index (χ4v) is 2.98. The number of carbonyl (C=O) groups is 1. The zero-order valence-corrected chi connectivity index (χ0v) is 11.1. The van der Waals surface area contributed by atoms with E-state index >= 15 is 0 Å². The monoisotopic (exact) mass is 278 g/mol. The Morgan fingerprint density at radius 2 is 2.37 bits per heavy atom. The standard InChI is InChI=1S/C13H14N2O3S/c16-13(17)11-5-4-10(19-11)9-7-14-15(8-9)12-3-1-2-6-18-12/h4-5,7-8,12H,1-3,6H2,(H,16,17)/t12-/m0/s1. The van der Waals surface area contributed by atoms with Crippen molar-refractivity contribution in [3.05, 3.63) is 29.4 Å². The van der Waals surface area contributed by atoms with E-state index in [2.05, 4.69) is 5.10 Å². The van der Waals surface area contributed by atoms with Crippen LogP contribution in [0.5, 0.6) is 0 Å². The maximum atomic E-state index is 10.9. The summed E-state index contributed by atoms with van der Waals surface area (Å²) in [6.07, 6.45) is 6.94. The highest BCUT2D eigenvalue weighted by Crippen LogP contribution is 2.29. The lowest BCUT2D eigenvalue weighted by Gasteiger charge is -2.22. The molecule has 1 aliphatic rings. The minimum atomic E-state index is -0.890. The van der Waals surface area contributed by atoms with Gasteiger partial charge in [0.15, 0.2) is 0 Å². The molecule has 1 atom stereocenters. The highest BCUT2D eigenvalue weighted by Gasteiger charge is 2.17. The topological polar surface area (TPSA) is 64.3 Å². The number of nitrogens with zero attached hydrogens (tertiary/aromatic N) is 2. The lowest BCUT2D eigenvalue weighted by Crippen LogP contribution is -2.18. The SMILES string of the molecule is O=C(O)c1ccc(-c2cnn([C@@H]3CCCCO3)c2)s1. The first-order chi connectivity index (χ1) is 9.24. The third-order valence-electron chi connectivity index (χ3n) is 3.15. The lowest BCUT2D eigenvalue weighted by molar-refractivity contribution is -0.0394. The summed E-state index contributed by atoms with van der Waals surface area (Å²) in [5.74, 6) is -0.890. The van der Waals surface area contributed by atoms with E-state index in [1.54, 1.807) is 12.3 Å². The molecule has 0 unspecified atom stereocenters. The number of carboxylic acids is 1. The summed E-state index contributed by atoms with van der Waals surface area (Å²) in [6.45, 7) is 0.780. The van der Waals surface area contributed by atoms with Crippen LogP contribution in [0, 0.1) is 0 Å². The number of ether oxygens (including phenoxy) is 1. The van der Waals surface area contributed by atoms with Crippen molar-refractivity contribution in [2.75, 3.05) is 6.61 Å². The molecular weight excluding hydrogens is 264 g/mol. The normalized spacial score (nSPS) is 19.5. The summed E-state index contributed by atoms with van der Waals surface area (Å²) < 4.78 is 7.49. The summed E-state index contributed by atoms with van der Waals surface area (Å²) >= 11 is 1.26. The number of thiophene rings is 1. The van der Waals surface area contributed by atoms with Crippen molar-refractivity contribution in [2.24, 2.45) is 0 Å². The zero-order chi connectivity index (χ0) is 13.2. The van der Waals surface area contributed by atoms with Gasteiger partial charge >= 0.3 is 5.97 Å². The largest absolute Gasteiger partial charge is 0.477 e. The van der Waals surface area contributed by atoms with Crippen molar-refractivity contribution in [1.29, 1.82) is 0 Å². The number of hydrogen-bond donors (Lipinski definition) is 1. The Bertz CT molecular complexity index is 584. The van der Waals surface area contributed by atoms with Crippen LogP contribution in [0.1, 0.15) is 35.2 Å². The molecule has 0 aromatic carbocycles. The third-order valence-corrected chi connectivity index (χ3v) is 4.28. The molecule has 1 saturated heterocycles. The van der Waals surface area contributed by atoms with Crippen LogP contribution < -0.4 is 0 Å². The molecule has 0 spiro atoms. The minimum Gasteiger partial charge on any atom is -0.477 e. The first-order valence-electron chi connectivity index (χ1n) is 6.23. The fraction of sp³-hybridized carbons (Fsp3) is 0.385. The molecule has 1 aliphatic heterocycles. The molecule has 3 heterocycles. The quantitative estimate of drug-likeness (QED) is 0.937.